The molecular formula is C24H21NO3S. The van der Waals surface area contributed by atoms with Gasteiger partial charge in [-0.2, -0.15) is 0 Å². The Hall–Kier alpha value is -2.89. The van der Waals surface area contributed by atoms with Gasteiger partial charge < -0.3 is 4.42 Å². The first-order valence-corrected chi connectivity index (χ1v) is 11.2. The molecule has 1 aliphatic heterocycles. The maximum absolute atomic E-state index is 12.9. The summed E-state index contributed by atoms with van der Waals surface area (Å²) >= 11 is 0. The number of furan rings is 1. The van der Waals surface area contributed by atoms with Crippen LogP contribution in [0.1, 0.15) is 16.9 Å². The monoisotopic (exact) mass is 403 g/mol. The van der Waals surface area contributed by atoms with Gasteiger partial charge in [0.05, 0.1) is 16.3 Å². The number of fused-ring (bicyclic) bond motifs is 3. The van der Waals surface area contributed by atoms with Crippen LogP contribution in [0.3, 0.4) is 0 Å². The van der Waals surface area contributed by atoms with Crippen LogP contribution < -0.4 is 0 Å². The number of nitrogens with zero attached hydrogens (tertiary/aromatic N) is 1. The normalized spacial score (nSPS) is 14.8. The van der Waals surface area contributed by atoms with Crippen molar-refractivity contribution in [1.29, 1.82) is 0 Å². The molecule has 29 heavy (non-hydrogen) atoms. The molecule has 1 aliphatic rings. The van der Waals surface area contributed by atoms with Crippen molar-refractivity contribution in [1.82, 2.24) is 4.90 Å². The molecule has 5 heteroatoms. The third-order valence-corrected chi connectivity index (χ3v) is 7.27. The summed E-state index contributed by atoms with van der Waals surface area (Å²) in [6, 6.07) is 24.2. The van der Waals surface area contributed by atoms with Crippen LogP contribution in [0, 0.1) is 0 Å². The number of benzene rings is 3. The van der Waals surface area contributed by atoms with Crippen molar-refractivity contribution in [2.45, 2.75) is 29.3 Å². The van der Waals surface area contributed by atoms with Gasteiger partial charge in [0.25, 0.3) is 0 Å². The Morgan fingerprint density at radius 2 is 1.59 bits per heavy atom. The van der Waals surface area contributed by atoms with Crippen LogP contribution in [0.2, 0.25) is 0 Å². The molecule has 0 amide bonds. The van der Waals surface area contributed by atoms with Crippen molar-refractivity contribution >= 4 is 20.8 Å². The standard InChI is InChI=1S/C24H21NO3S/c26-29(27,19-9-5-2-6-10-19)20-11-12-21-22-13-14-25(16-18-7-3-1-4-8-18)17-24(22)28-23(21)15-20/h1-12,15H,13-14,16-17H2. The summed E-state index contributed by atoms with van der Waals surface area (Å²) in [7, 11) is -3.55. The summed E-state index contributed by atoms with van der Waals surface area (Å²) < 4.78 is 32.0. The lowest BCUT2D eigenvalue weighted by Gasteiger charge is -2.25. The zero-order valence-electron chi connectivity index (χ0n) is 15.9. The Bertz CT molecular complexity index is 1260. The molecule has 3 aromatic carbocycles. The quantitative estimate of drug-likeness (QED) is 0.490. The molecule has 4 aromatic rings. The predicted octanol–water partition coefficient (Wildman–Crippen LogP) is 4.82. The van der Waals surface area contributed by atoms with E-state index in [1.807, 2.05) is 18.2 Å². The molecule has 2 heterocycles. The van der Waals surface area contributed by atoms with Gasteiger partial charge in [-0.25, -0.2) is 8.42 Å². The Morgan fingerprint density at radius 1 is 0.862 bits per heavy atom. The number of sulfone groups is 1. The fourth-order valence-electron chi connectivity index (χ4n) is 4.01. The molecule has 5 rings (SSSR count). The lowest BCUT2D eigenvalue weighted by molar-refractivity contribution is 0.223. The van der Waals surface area contributed by atoms with Crippen LogP contribution in [-0.2, 0) is 29.3 Å². The second kappa shape index (κ2) is 7.17. The zero-order chi connectivity index (χ0) is 19.8. The van der Waals surface area contributed by atoms with Crippen LogP contribution in [0.15, 0.2) is 93.1 Å². The van der Waals surface area contributed by atoms with Crippen LogP contribution >= 0.6 is 0 Å². The van der Waals surface area contributed by atoms with E-state index >= 15 is 0 Å². The number of hydrogen-bond acceptors (Lipinski definition) is 4. The van der Waals surface area contributed by atoms with Crippen molar-refractivity contribution in [3.8, 4) is 0 Å². The molecule has 4 nitrogen and oxygen atoms in total. The SMILES string of the molecule is O=S(=O)(c1ccccc1)c1ccc2c3c(oc2c1)CN(Cc1ccccc1)CC3. The minimum Gasteiger partial charge on any atom is -0.459 e. The molecule has 0 unspecified atom stereocenters. The Kier molecular flexibility index (Phi) is 4.49. The number of rotatable bonds is 4. The predicted molar refractivity (Wildman–Crippen MR) is 112 cm³/mol. The second-order valence-electron chi connectivity index (χ2n) is 7.42. The van der Waals surface area contributed by atoms with Crippen LogP contribution in [-0.4, -0.2) is 19.9 Å². The van der Waals surface area contributed by atoms with E-state index in [0.717, 1.165) is 37.2 Å². The van der Waals surface area contributed by atoms with Crippen LogP contribution in [0.5, 0.6) is 0 Å². The Balaban J connectivity index is 1.46. The van der Waals surface area contributed by atoms with Crippen LogP contribution in [0.25, 0.3) is 11.0 Å². The van der Waals surface area contributed by atoms with E-state index in [2.05, 4.69) is 29.2 Å². The van der Waals surface area contributed by atoms with E-state index in [0.29, 0.717) is 10.5 Å². The van der Waals surface area contributed by atoms with E-state index in [9.17, 15) is 8.42 Å². The van der Waals surface area contributed by atoms with E-state index < -0.39 is 9.84 Å². The highest BCUT2D eigenvalue weighted by Crippen LogP contribution is 2.33. The first-order valence-electron chi connectivity index (χ1n) is 9.72. The topological polar surface area (TPSA) is 50.5 Å². The average Bonchev–Trinajstić information content (AvgIpc) is 3.12. The average molecular weight is 404 g/mol. The van der Waals surface area contributed by atoms with Gasteiger partial charge >= 0.3 is 0 Å². The molecule has 0 aliphatic carbocycles. The van der Waals surface area contributed by atoms with Gasteiger partial charge in [0.2, 0.25) is 9.84 Å². The fraction of sp³-hybridized carbons (Fsp3) is 0.167. The molecule has 0 N–H and O–H groups in total. The van der Waals surface area contributed by atoms with Crippen molar-refractivity contribution in [3.05, 3.63) is 95.7 Å². The highest BCUT2D eigenvalue weighted by atomic mass is 32.2. The van der Waals surface area contributed by atoms with E-state index in [1.165, 1.54) is 11.1 Å². The van der Waals surface area contributed by atoms with E-state index in [-0.39, 0.29) is 4.90 Å². The maximum Gasteiger partial charge on any atom is 0.206 e. The van der Waals surface area contributed by atoms with E-state index in [4.69, 9.17) is 4.42 Å². The summed E-state index contributed by atoms with van der Waals surface area (Å²) in [4.78, 5) is 2.93. The van der Waals surface area contributed by atoms with Gasteiger partial charge in [-0.1, -0.05) is 48.5 Å². The molecule has 0 bridgehead atoms. The molecule has 0 saturated carbocycles. The first-order chi connectivity index (χ1) is 14.1. The molecular weight excluding hydrogens is 382 g/mol. The fourth-order valence-corrected chi connectivity index (χ4v) is 5.31. The molecule has 0 spiro atoms. The van der Waals surface area contributed by atoms with Crippen molar-refractivity contribution in [2.24, 2.45) is 0 Å². The third kappa shape index (κ3) is 3.37. The lowest BCUT2D eigenvalue weighted by Crippen LogP contribution is -2.29. The largest absolute Gasteiger partial charge is 0.459 e. The molecule has 0 saturated heterocycles. The van der Waals surface area contributed by atoms with Crippen LogP contribution in [0.4, 0.5) is 0 Å². The Morgan fingerprint density at radius 3 is 2.34 bits per heavy atom. The molecule has 146 valence electrons. The first kappa shape index (κ1) is 18.2. The van der Waals surface area contributed by atoms with Gasteiger partial charge in [0, 0.05) is 30.1 Å². The molecule has 0 atom stereocenters. The summed E-state index contributed by atoms with van der Waals surface area (Å²) in [6.07, 6.45) is 0.903. The second-order valence-corrected chi connectivity index (χ2v) is 9.37. The summed E-state index contributed by atoms with van der Waals surface area (Å²) in [6.45, 7) is 2.57. The summed E-state index contributed by atoms with van der Waals surface area (Å²) in [5.74, 6) is 0.941. The lowest BCUT2D eigenvalue weighted by atomic mass is 10.0. The highest BCUT2D eigenvalue weighted by Gasteiger charge is 2.24. The van der Waals surface area contributed by atoms with Gasteiger partial charge in [0.1, 0.15) is 11.3 Å². The van der Waals surface area contributed by atoms with Crippen molar-refractivity contribution < 1.29 is 12.8 Å². The molecule has 1 aromatic heterocycles. The van der Waals surface area contributed by atoms with Gasteiger partial charge in [-0.05, 0) is 36.2 Å². The Labute approximate surface area is 170 Å². The highest BCUT2D eigenvalue weighted by molar-refractivity contribution is 7.91. The van der Waals surface area contributed by atoms with Crippen molar-refractivity contribution in [3.63, 3.8) is 0 Å². The minimum absolute atomic E-state index is 0.267. The zero-order valence-corrected chi connectivity index (χ0v) is 16.7. The van der Waals surface area contributed by atoms with Crippen molar-refractivity contribution in [2.75, 3.05) is 6.54 Å². The summed E-state index contributed by atoms with van der Waals surface area (Å²) in [5.41, 5.74) is 3.13. The van der Waals surface area contributed by atoms with Gasteiger partial charge in [-0.3, -0.25) is 4.90 Å². The van der Waals surface area contributed by atoms with Gasteiger partial charge in [0.15, 0.2) is 0 Å². The van der Waals surface area contributed by atoms with E-state index in [1.54, 1.807) is 36.4 Å². The smallest absolute Gasteiger partial charge is 0.206 e. The number of hydrogen-bond donors (Lipinski definition) is 0. The minimum atomic E-state index is -3.55. The third-order valence-electron chi connectivity index (χ3n) is 5.51. The maximum atomic E-state index is 12.9. The summed E-state index contributed by atoms with van der Waals surface area (Å²) in [5, 5.41) is 1.02. The van der Waals surface area contributed by atoms with Gasteiger partial charge in [-0.15, -0.1) is 0 Å². The molecule has 0 fully saturated rings. The molecule has 0 radical (unpaired) electrons.